The second-order valence-corrected chi connectivity index (χ2v) is 7.25. The number of hydrogen-bond acceptors (Lipinski definition) is 3. The van der Waals surface area contributed by atoms with Crippen molar-refractivity contribution in [3.8, 4) is 0 Å². The molecule has 0 aromatic heterocycles. The molecule has 1 N–H and O–H groups in total. The molecule has 0 aliphatic carbocycles. The molecule has 0 bridgehead atoms. The van der Waals surface area contributed by atoms with E-state index in [0.29, 0.717) is 36.8 Å². The van der Waals surface area contributed by atoms with Gasteiger partial charge in [-0.2, -0.15) is 0 Å². The lowest BCUT2D eigenvalue weighted by atomic mass is 9.96. The van der Waals surface area contributed by atoms with E-state index >= 15 is 0 Å². The van der Waals surface area contributed by atoms with Crippen molar-refractivity contribution < 1.29 is 13.9 Å². The summed E-state index contributed by atoms with van der Waals surface area (Å²) in [6.45, 7) is 7.21. The van der Waals surface area contributed by atoms with Crippen LogP contribution in [0.4, 0.5) is 4.39 Å². The molecule has 1 atom stereocenters. The number of carbonyl (C=O) groups is 1. The number of nitrogens with zero attached hydrogens (tertiary/aromatic N) is 1. The van der Waals surface area contributed by atoms with Crippen LogP contribution in [0.2, 0.25) is 5.02 Å². The minimum atomic E-state index is -0.288. The first-order chi connectivity index (χ1) is 12.0. The second kappa shape index (κ2) is 10.1. The van der Waals surface area contributed by atoms with Crippen molar-refractivity contribution >= 4 is 17.5 Å². The van der Waals surface area contributed by atoms with Gasteiger partial charge in [-0.05, 0) is 51.8 Å². The van der Waals surface area contributed by atoms with Gasteiger partial charge in [-0.3, -0.25) is 9.69 Å². The quantitative estimate of drug-likeness (QED) is 0.710. The fourth-order valence-electron chi connectivity index (χ4n) is 3.07. The zero-order chi connectivity index (χ0) is 18.2. The third kappa shape index (κ3) is 6.57. The number of halogens is 2. The van der Waals surface area contributed by atoms with Crippen LogP contribution < -0.4 is 5.32 Å². The summed E-state index contributed by atoms with van der Waals surface area (Å²) in [6.07, 6.45) is 2.83. The van der Waals surface area contributed by atoms with E-state index in [2.05, 4.69) is 10.2 Å². The average Bonchev–Trinajstić information content (AvgIpc) is 2.58. The number of hydrogen-bond donors (Lipinski definition) is 1. The molecule has 1 heterocycles. The molecule has 0 radical (unpaired) electrons. The van der Waals surface area contributed by atoms with E-state index in [1.807, 2.05) is 13.8 Å². The summed E-state index contributed by atoms with van der Waals surface area (Å²) in [5.41, 5.74) is 0.510. The van der Waals surface area contributed by atoms with Gasteiger partial charge in [0.2, 0.25) is 5.91 Å². The lowest BCUT2D eigenvalue weighted by molar-refractivity contribution is -0.126. The molecule has 0 spiro atoms. The van der Waals surface area contributed by atoms with Gasteiger partial charge in [-0.1, -0.05) is 17.7 Å². The Labute approximate surface area is 154 Å². The fourth-order valence-corrected chi connectivity index (χ4v) is 3.29. The number of piperidine rings is 1. The number of carbonyl (C=O) groups excluding carboxylic acids is 1. The van der Waals surface area contributed by atoms with Crippen LogP contribution in [0, 0.1) is 11.7 Å². The highest BCUT2D eigenvalue weighted by molar-refractivity contribution is 6.31. The van der Waals surface area contributed by atoms with E-state index in [-0.39, 0.29) is 23.7 Å². The Morgan fingerprint density at radius 1 is 1.48 bits per heavy atom. The van der Waals surface area contributed by atoms with Gasteiger partial charge in [0.25, 0.3) is 0 Å². The van der Waals surface area contributed by atoms with E-state index in [9.17, 15) is 9.18 Å². The van der Waals surface area contributed by atoms with Gasteiger partial charge in [0.05, 0.1) is 12.0 Å². The van der Waals surface area contributed by atoms with Gasteiger partial charge in [0, 0.05) is 36.8 Å². The fraction of sp³-hybridized carbons (Fsp3) is 0.632. The summed E-state index contributed by atoms with van der Waals surface area (Å²) in [4.78, 5) is 14.5. The molecule has 1 fully saturated rings. The Hall–Kier alpha value is -1.17. The number of benzene rings is 1. The smallest absolute Gasteiger partial charge is 0.224 e. The van der Waals surface area contributed by atoms with Crippen LogP contribution in [0.3, 0.4) is 0 Å². The zero-order valence-electron chi connectivity index (χ0n) is 15.1. The SMILES string of the molecule is CC(C)OCCCNC(=O)C1CCCN(Cc2c(F)cccc2Cl)C1. The van der Waals surface area contributed by atoms with Gasteiger partial charge in [0.15, 0.2) is 0 Å². The Bertz CT molecular complexity index is 548. The molecular formula is C19H28ClFN2O2. The van der Waals surface area contributed by atoms with Gasteiger partial charge >= 0.3 is 0 Å². The van der Waals surface area contributed by atoms with E-state index in [1.54, 1.807) is 12.1 Å². The Morgan fingerprint density at radius 2 is 2.28 bits per heavy atom. The molecule has 1 amide bonds. The molecule has 4 nitrogen and oxygen atoms in total. The Kier molecular flexibility index (Phi) is 8.13. The highest BCUT2D eigenvalue weighted by Gasteiger charge is 2.26. The van der Waals surface area contributed by atoms with E-state index in [0.717, 1.165) is 25.8 Å². The summed E-state index contributed by atoms with van der Waals surface area (Å²) in [6, 6.07) is 4.73. The molecular weight excluding hydrogens is 343 g/mol. The first-order valence-electron chi connectivity index (χ1n) is 9.02. The molecule has 6 heteroatoms. The van der Waals surface area contributed by atoms with Crippen molar-refractivity contribution in [3.63, 3.8) is 0 Å². The van der Waals surface area contributed by atoms with Gasteiger partial charge in [-0.25, -0.2) is 4.39 Å². The third-order valence-corrected chi connectivity index (χ3v) is 4.75. The molecule has 1 aromatic rings. The van der Waals surface area contributed by atoms with Gasteiger partial charge in [-0.15, -0.1) is 0 Å². The molecule has 1 unspecified atom stereocenters. The highest BCUT2D eigenvalue weighted by Crippen LogP contribution is 2.24. The van der Waals surface area contributed by atoms with Crippen LogP contribution in [-0.4, -0.2) is 43.2 Å². The predicted octanol–water partition coefficient (Wildman–Crippen LogP) is 3.62. The van der Waals surface area contributed by atoms with Crippen LogP contribution in [0.5, 0.6) is 0 Å². The summed E-state index contributed by atoms with van der Waals surface area (Å²) in [5, 5.41) is 3.43. The maximum atomic E-state index is 14.0. The lowest BCUT2D eigenvalue weighted by Gasteiger charge is -2.32. The van der Waals surface area contributed by atoms with Crippen LogP contribution >= 0.6 is 11.6 Å². The van der Waals surface area contributed by atoms with Crippen molar-refractivity contribution in [1.29, 1.82) is 0 Å². The topological polar surface area (TPSA) is 41.6 Å². The van der Waals surface area contributed by atoms with Crippen molar-refractivity contribution in [1.82, 2.24) is 10.2 Å². The molecule has 0 saturated carbocycles. The molecule has 2 rings (SSSR count). The van der Waals surface area contributed by atoms with E-state index in [4.69, 9.17) is 16.3 Å². The van der Waals surface area contributed by atoms with Crippen LogP contribution in [-0.2, 0) is 16.1 Å². The number of ether oxygens (including phenoxy) is 1. The second-order valence-electron chi connectivity index (χ2n) is 6.84. The van der Waals surface area contributed by atoms with Crippen molar-refractivity contribution in [2.45, 2.75) is 45.8 Å². The number of nitrogens with one attached hydrogen (secondary N) is 1. The largest absolute Gasteiger partial charge is 0.379 e. The van der Waals surface area contributed by atoms with Crippen molar-refractivity contribution in [3.05, 3.63) is 34.6 Å². The standard InChI is InChI=1S/C19H28ClFN2O2/c1-14(2)25-11-5-9-22-19(24)15-6-4-10-23(12-15)13-16-17(20)7-3-8-18(16)21/h3,7-8,14-15H,4-6,9-13H2,1-2H3,(H,22,24). The Balaban J connectivity index is 1.79. The normalized spacial score (nSPS) is 18.5. The molecule has 140 valence electrons. The van der Waals surface area contributed by atoms with Gasteiger partial charge < -0.3 is 10.1 Å². The van der Waals surface area contributed by atoms with E-state index < -0.39 is 0 Å². The maximum absolute atomic E-state index is 14.0. The summed E-state index contributed by atoms with van der Waals surface area (Å²) >= 11 is 6.11. The Morgan fingerprint density at radius 3 is 3.00 bits per heavy atom. The zero-order valence-corrected chi connectivity index (χ0v) is 15.8. The molecule has 25 heavy (non-hydrogen) atoms. The monoisotopic (exact) mass is 370 g/mol. The molecule has 1 saturated heterocycles. The molecule has 1 aromatic carbocycles. The minimum Gasteiger partial charge on any atom is -0.379 e. The highest BCUT2D eigenvalue weighted by atomic mass is 35.5. The van der Waals surface area contributed by atoms with Crippen molar-refractivity contribution in [2.24, 2.45) is 5.92 Å². The van der Waals surface area contributed by atoms with Crippen LogP contribution in [0.15, 0.2) is 18.2 Å². The lowest BCUT2D eigenvalue weighted by Crippen LogP contribution is -2.43. The summed E-state index contributed by atoms with van der Waals surface area (Å²) < 4.78 is 19.4. The van der Waals surface area contributed by atoms with Crippen molar-refractivity contribution in [2.75, 3.05) is 26.2 Å². The first-order valence-corrected chi connectivity index (χ1v) is 9.39. The molecule has 1 aliphatic rings. The number of rotatable bonds is 8. The van der Waals surface area contributed by atoms with Crippen LogP contribution in [0.1, 0.15) is 38.7 Å². The summed E-state index contributed by atoms with van der Waals surface area (Å²) in [5.74, 6) is -0.261. The average molecular weight is 371 g/mol. The molecule has 1 aliphatic heterocycles. The third-order valence-electron chi connectivity index (χ3n) is 4.39. The van der Waals surface area contributed by atoms with Gasteiger partial charge in [0.1, 0.15) is 5.82 Å². The first kappa shape index (κ1) is 20.1. The maximum Gasteiger partial charge on any atom is 0.224 e. The number of likely N-dealkylation sites (tertiary alicyclic amines) is 1. The summed E-state index contributed by atoms with van der Waals surface area (Å²) in [7, 11) is 0. The number of amides is 1. The van der Waals surface area contributed by atoms with E-state index in [1.165, 1.54) is 6.07 Å². The predicted molar refractivity (Wildman–Crippen MR) is 98.1 cm³/mol. The minimum absolute atomic E-state index is 0.0506. The van der Waals surface area contributed by atoms with Crippen LogP contribution in [0.25, 0.3) is 0 Å².